The quantitative estimate of drug-likeness (QED) is 0.509. The molecule has 0 saturated heterocycles. The van der Waals surface area contributed by atoms with Crippen LogP contribution in [0.25, 0.3) is 0 Å². The molecular formula is C15H21N3O4. The van der Waals surface area contributed by atoms with Crippen molar-refractivity contribution in [2.75, 3.05) is 20.7 Å². The van der Waals surface area contributed by atoms with Crippen LogP contribution < -0.4 is 16.0 Å². The van der Waals surface area contributed by atoms with Crippen molar-refractivity contribution in [2.45, 2.75) is 18.9 Å². The zero-order valence-electron chi connectivity index (χ0n) is 12.7. The fourth-order valence-corrected chi connectivity index (χ4v) is 1.84. The molecule has 3 N–H and O–H groups in total. The Labute approximate surface area is 129 Å². The van der Waals surface area contributed by atoms with Gasteiger partial charge in [0.15, 0.2) is 0 Å². The predicted molar refractivity (Wildman–Crippen MR) is 81.0 cm³/mol. The molecule has 1 aromatic carbocycles. The Balaban J connectivity index is 2.65. The predicted octanol–water partition coefficient (Wildman–Crippen LogP) is 0.726. The Hall–Kier alpha value is -2.41. The zero-order valence-corrected chi connectivity index (χ0v) is 12.7. The Kier molecular flexibility index (Phi) is 7.63. The summed E-state index contributed by atoms with van der Waals surface area (Å²) in [5.74, 6) is -0.753. The van der Waals surface area contributed by atoms with Gasteiger partial charge in [-0.25, -0.2) is 4.79 Å². The molecule has 0 radical (unpaired) electrons. The van der Waals surface area contributed by atoms with Gasteiger partial charge in [-0.1, -0.05) is 30.3 Å². The maximum absolute atomic E-state index is 12.2. The van der Waals surface area contributed by atoms with Crippen molar-refractivity contribution in [3.63, 3.8) is 0 Å². The summed E-state index contributed by atoms with van der Waals surface area (Å²) in [7, 11) is 2.77. The number of carbonyl (C=O) groups is 3. The van der Waals surface area contributed by atoms with Gasteiger partial charge in [0.05, 0.1) is 7.11 Å². The fourth-order valence-electron chi connectivity index (χ4n) is 1.84. The van der Waals surface area contributed by atoms with Crippen molar-refractivity contribution >= 4 is 17.9 Å². The molecule has 0 aliphatic rings. The van der Waals surface area contributed by atoms with Gasteiger partial charge in [0.25, 0.3) is 0 Å². The molecule has 22 heavy (non-hydrogen) atoms. The summed E-state index contributed by atoms with van der Waals surface area (Å²) in [6, 6.07) is 7.81. The lowest BCUT2D eigenvalue weighted by atomic mass is 10.1. The van der Waals surface area contributed by atoms with E-state index in [4.69, 9.17) is 0 Å². The number of imide groups is 1. The monoisotopic (exact) mass is 307 g/mol. The van der Waals surface area contributed by atoms with Crippen LogP contribution in [0.5, 0.6) is 0 Å². The number of benzene rings is 1. The lowest BCUT2D eigenvalue weighted by Gasteiger charge is -2.18. The van der Waals surface area contributed by atoms with Crippen molar-refractivity contribution < 1.29 is 19.1 Å². The number of methoxy groups -OCH3 is 1. The van der Waals surface area contributed by atoms with E-state index < -0.39 is 18.0 Å². The molecule has 1 rings (SSSR count). The summed E-state index contributed by atoms with van der Waals surface area (Å²) in [5, 5.41) is 7.62. The van der Waals surface area contributed by atoms with E-state index in [1.54, 1.807) is 12.1 Å². The van der Waals surface area contributed by atoms with Crippen molar-refractivity contribution in [2.24, 2.45) is 0 Å². The third kappa shape index (κ3) is 5.92. The highest BCUT2D eigenvalue weighted by Crippen LogP contribution is 2.12. The summed E-state index contributed by atoms with van der Waals surface area (Å²) >= 11 is 0. The molecule has 3 amide bonds. The number of urea groups is 1. The highest BCUT2D eigenvalue weighted by Gasteiger charge is 2.21. The number of rotatable bonds is 7. The Morgan fingerprint density at radius 1 is 1.18 bits per heavy atom. The van der Waals surface area contributed by atoms with Gasteiger partial charge >= 0.3 is 12.0 Å². The molecule has 0 aliphatic heterocycles. The van der Waals surface area contributed by atoms with Gasteiger partial charge in [-0.2, -0.15) is 0 Å². The summed E-state index contributed by atoms with van der Waals surface area (Å²) in [5.41, 5.74) is 0.738. The molecular weight excluding hydrogens is 286 g/mol. The largest absolute Gasteiger partial charge is 0.469 e. The van der Waals surface area contributed by atoms with E-state index in [2.05, 4.69) is 20.7 Å². The standard InChI is InChI=1S/C15H21N3O4/c1-16-15(21)18-14(20)13(11-7-4-3-5-8-11)17-10-6-9-12(19)22-2/h3-5,7-8,13,17H,6,9-10H2,1-2H3,(H2,16,18,20,21)/t13-/m0/s1. The Morgan fingerprint density at radius 3 is 2.45 bits per heavy atom. The molecule has 7 heteroatoms. The fraction of sp³-hybridized carbons (Fsp3) is 0.400. The molecule has 0 unspecified atom stereocenters. The molecule has 0 heterocycles. The number of hydrogen-bond donors (Lipinski definition) is 3. The minimum atomic E-state index is -0.670. The number of hydrogen-bond acceptors (Lipinski definition) is 5. The van der Waals surface area contributed by atoms with Gasteiger partial charge in [0.1, 0.15) is 6.04 Å². The summed E-state index contributed by atoms with van der Waals surface area (Å²) < 4.78 is 4.56. The van der Waals surface area contributed by atoms with Gasteiger partial charge in [-0.3, -0.25) is 14.9 Å². The van der Waals surface area contributed by atoms with Crippen LogP contribution in [0.3, 0.4) is 0 Å². The van der Waals surface area contributed by atoms with Crippen LogP contribution in [0.2, 0.25) is 0 Å². The summed E-state index contributed by atoms with van der Waals surface area (Å²) in [6.45, 7) is 0.440. The highest BCUT2D eigenvalue weighted by atomic mass is 16.5. The minimum absolute atomic E-state index is 0.266. The van der Waals surface area contributed by atoms with Crippen LogP contribution in [0, 0.1) is 0 Å². The molecule has 0 saturated carbocycles. The van der Waals surface area contributed by atoms with Gasteiger partial charge < -0.3 is 15.4 Å². The van der Waals surface area contributed by atoms with E-state index in [9.17, 15) is 14.4 Å². The SMILES string of the molecule is CNC(=O)NC(=O)[C@@H](NCCCC(=O)OC)c1ccccc1. The number of ether oxygens (including phenoxy) is 1. The third-order valence-electron chi connectivity index (χ3n) is 2.99. The summed E-state index contributed by atoms with van der Waals surface area (Å²) in [4.78, 5) is 34.5. The molecule has 0 fully saturated rings. The number of nitrogens with one attached hydrogen (secondary N) is 3. The second kappa shape index (κ2) is 9.51. The van der Waals surface area contributed by atoms with Gasteiger partial charge in [0.2, 0.25) is 5.91 Å². The van der Waals surface area contributed by atoms with Crippen LogP contribution in [-0.4, -0.2) is 38.6 Å². The van der Waals surface area contributed by atoms with E-state index in [0.29, 0.717) is 13.0 Å². The number of amides is 3. The maximum atomic E-state index is 12.2. The molecule has 120 valence electrons. The average Bonchev–Trinajstić information content (AvgIpc) is 2.54. The lowest BCUT2D eigenvalue weighted by molar-refractivity contribution is -0.140. The van der Waals surface area contributed by atoms with E-state index in [0.717, 1.165) is 5.56 Å². The van der Waals surface area contributed by atoms with Crippen molar-refractivity contribution in [1.82, 2.24) is 16.0 Å². The van der Waals surface area contributed by atoms with Crippen LogP contribution in [-0.2, 0) is 14.3 Å². The summed E-state index contributed by atoms with van der Waals surface area (Å²) in [6.07, 6.45) is 0.797. The van der Waals surface area contributed by atoms with Gasteiger partial charge in [0, 0.05) is 13.5 Å². The third-order valence-corrected chi connectivity index (χ3v) is 2.99. The molecule has 1 aromatic rings. The molecule has 0 aliphatic carbocycles. The smallest absolute Gasteiger partial charge is 0.321 e. The van der Waals surface area contributed by atoms with E-state index in [1.807, 2.05) is 18.2 Å². The van der Waals surface area contributed by atoms with Crippen LogP contribution >= 0.6 is 0 Å². The first kappa shape index (κ1) is 17.6. The molecule has 0 spiro atoms. The molecule has 1 atom stereocenters. The first-order chi connectivity index (χ1) is 10.6. The van der Waals surface area contributed by atoms with Crippen LogP contribution in [0.15, 0.2) is 30.3 Å². The van der Waals surface area contributed by atoms with Crippen LogP contribution in [0.4, 0.5) is 4.79 Å². The molecule has 0 aromatic heterocycles. The number of esters is 1. The zero-order chi connectivity index (χ0) is 16.4. The average molecular weight is 307 g/mol. The van der Waals surface area contributed by atoms with Crippen LogP contribution in [0.1, 0.15) is 24.4 Å². The van der Waals surface area contributed by atoms with Gasteiger partial charge in [-0.05, 0) is 18.5 Å². The highest BCUT2D eigenvalue weighted by molar-refractivity contribution is 5.97. The van der Waals surface area contributed by atoms with Gasteiger partial charge in [-0.15, -0.1) is 0 Å². The Bertz CT molecular complexity index is 505. The van der Waals surface area contributed by atoms with Crippen molar-refractivity contribution in [1.29, 1.82) is 0 Å². The molecule has 7 nitrogen and oxygen atoms in total. The normalized spacial score (nSPS) is 11.4. The van der Waals surface area contributed by atoms with E-state index in [1.165, 1.54) is 14.2 Å². The first-order valence-electron chi connectivity index (χ1n) is 6.96. The second-order valence-electron chi connectivity index (χ2n) is 4.55. The topological polar surface area (TPSA) is 96.5 Å². The minimum Gasteiger partial charge on any atom is -0.469 e. The van der Waals surface area contributed by atoms with E-state index in [-0.39, 0.29) is 12.4 Å². The Morgan fingerprint density at radius 2 is 1.86 bits per heavy atom. The van der Waals surface area contributed by atoms with Crippen molar-refractivity contribution in [3.8, 4) is 0 Å². The van der Waals surface area contributed by atoms with Crippen molar-refractivity contribution in [3.05, 3.63) is 35.9 Å². The van der Waals surface area contributed by atoms with E-state index >= 15 is 0 Å². The first-order valence-corrected chi connectivity index (χ1v) is 6.96. The molecule has 0 bridgehead atoms. The number of carbonyl (C=O) groups excluding carboxylic acids is 3. The lowest BCUT2D eigenvalue weighted by Crippen LogP contribution is -2.44. The second-order valence-corrected chi connectivity index (χ2v) is 4.55. The maximum Gasteiger partial charge on any atom is 0.321 e.